The first-order chi connectivity index (χ1) is 11.3. The molecule has 0 saturated heterocycles. The molecule has 2 aromatic rings. The predicted molar refractivity (Wildman–Crippen MR) is 97.1 cm³/mol. The monoisotopic (exact) mass is 300 g/mol. The Bertz CT molecular complexity index is 711. The number of hydrogen-bond acceptors (Lipinski definition) is 2. The Hall–Kier alpha value is -3.00. The van der Waals surface area contributed by atoms with Crippen LogP contribution in [0.5, 0.6) is 0 Å². The lowest BCUT2D eigenvalue weighted by Gasteiger charge is -1.89. The molecule has 0 amide bonds. The predicted octanol–water partition coefficient (Wildman–Crippen LogP) is 6.66. The van der Waals surface area contributed by atoms with Crippen LogP contribution in [0.1, 0.15) is 5.56 Å². The largest absolute Gasteiger partial charge is 0.151 e. The van der Waals surface area contributed by atoms with Gasteiger partial charge in [-0.15, -0.1) is 0 Å². The molecule has 114 valence electrons. The van der Waals surface area contributed by atoms with E-state index in [-0.39, 0.29) is 0 Å². The topological polar surface area (TPSA) is 24.7 Å². The zero-order valence-corrected chi connectivity index (χ0v) is 13.2. The minimum Gasteiger partial charge on any atom is -0.151 e. The first kappa shape index (κ1) is 16.4. The van der Waals surface area contributed by atoms with E-state index in [1.807, 2.05) is 91.0 Å². The van der Waals surface area contributed by atoms with Gasteiger partial charge in [0.2, 0.25) is 0 Å². The summed E-state index contributed by atoms with van der Waals surface area (Å²) in [6.07, 6.45) is 0. The number of azo groups is 1. The number of nitrogens with zero attached hydrogens (tertiary/aromatic N) is 2. The van der Waals surface area contributed by atoms with Crippen molar-refractivity contribution in [1.29, 1.82) is 0 Å². The lowest BCUT2D eigenvalue weighted by atomic mass is 10.3. The van der Waals surface area contributed by atoms with E-state index in [9.17, 15) is 0 Å². The fourth-order valence-electron chi connectivity index (χ4n) is 1.77. The van der Waals surface area contributed by atoms with Gasteiger partial charge < -0.3 is 0 Å². The molecule has 0 unspecified atom stereocenters. The summed E-state index contributed by atoms with van der Waals surface area (Å²) in [7, 11) is 0. The first-order valence-corrected chi connectivity index (χ1v) is 7.55. The summed E-state index contributed by atoms with van der Waals surface area (Å²) in [4.78, 5) is 0. The first-order valence-electron chi connectivity index (χ1n) is 7.55. The standard InChI is InChI=1S/C21H20N2/c1-19-13-9-11-17-21(18-12-10-14-19)23-22-20-15-7-5-3-2-4-6-8-16-20/h2-18H,1H3. The zero-order valence-electron chi connectivity index (χ0n) is 13.2. The molecule has 0 aromatic heterocycles. The van der Waals surface area contributed by atoms with E-state index < -0.39 is 0 Å². The van der Waals surface area contributed by atoms with Gasteiger partial charge in [-0.05, 0) is 31.2 Å². The van der Waals surface area contributed by atoms with Gasteiger partial charge in [-0.1, -0.05) is 84.4 Å². The number of rotatable bonds is 2. The maximum absolute atomic E-state index is 4.32. The number of aryl methyl sites for hydroxylation is 1. The lowest BCUT2D eigenvalue weighted by molar-refractivity contribution is 1.24. The van der Waals surface area contributed by atoms with Crippen LogP contribution >= 0.6 is 0 Å². The third kappa shape index (κ3) is 7.00. The highest BCUT2D eigenvalue weighted by Crippen LogP contribution is 2.15. The second-order valence-corrected chi connectivity index (χ2v) is 4.91. The van der Waals surface area contributed by atoms with Crippen molar-refractivity contribution in [1.82, 2.24) is 0 Å². The highest BCUT2D eigenvalue weighted by molar-refractivity contribution is 5.37. The fraction of sp³-hybridized carbons (Fsp3) is 0.0476. The van der Waals surface area contributed by atoms with Crippen LogP contribution in [0.4, 0.5) is 11.4 Å². The minimum absolute atomic E-state index is 0.794. The Kier molecular flexibility index (Phi) is 7.01. The van der Waals surface area contributed by atoms with Crippen LogP contribution in [-0.4, -0.2) is 0 Å². The highest BCUT2D eigenvalue weighted by Gasteiger charge is 1.85. The van der Waals surface area contributed by atoms with Crippen molar-refractivity contribution in [2.45, 2.75) is 6.92 Å². The van der Waals surface area contributed by atoms with Gasteiger partial charge in [0, 0.05) is 0 Å². The van der Waals surface area contributed by atoms with Gasteiger partial charge in [0.1, 0.15) is 0 Å². The van der Waals surface area contributed by atoms with Gasteiger partial charge >= 0.3 is 0 Å². The molecule has 0 aliphatic rings. The zero-order chi connectivity index (χ0) is 16.2. The molecule has 0 N–H and O–H groups in total. The van der Waals surface area contributed by atoms with Gasteiger partial charge in [0.05, 0.1) is 11.4 Å². The van der Waals surface area contributed by atoms with Crippen molar-refractivity contribution in [3.63, 3.8) is 0 Å². The van der Waals surface area contributed by atoms with Crippen molar-refractivity contribution in [2.24, 2.45) is 10.2 Å². The molecule has 2 rings (SSSR count). The Morgan fingerprint density at radius 2 is 0.739 bits per heavy atom. The quantitative estimate of drug-likeness (QED) is 0.554. The minimum atomic E-state index is 0.794. The van der Waals surface area contributed by atoms with E-state index in [0.717, 1.165) is 11.4 Å². The van der Waals surface area contributed by atoms with E-state index in [1.54, 1.807) is 0 Å². The average molecular weight is 300 g/mol. The normalized spacial score (nSPS) is 9.78. The van der Waals surface area contributed by atoms with E-state index in [4.69, 9.17) is 0 Å². The van der Waals surface area contributed by atoms with Crippen LogP contribution in [0.3, 0.4) is 0 Å². The summed E-state index contributed by atoms with van der Waals surface area (Å²) in [5, 5.41) is 8.64. The van der Waals surface area contributed by atoms with Crippen LogP contribution in [0.15, 0.2) is 113 Å². The molecule has 0 saturated carbocycles. The highest BCUT2D eigenvalue weighted by atomic mass is 15.1. The third-order valence-corrected chi connectivity index (χ3v) is 2.96. The summed E-state index contributed by atoms with van der Waals surface area (Å²) in [5.74, 6) is 0. The van der Waals surface area contributed by atoms with E-state index >= 15 is 0 Å². The molecule has 0 aliphatic carbocycles. The summed E-state index contributed by atoms with van der Waals surface area (Å²) >= 11 is 0. The summed E-state index contributed by atoms with van der Waals surface area (Å²) in [5.41, 5.74) is 2.79. The molecule has 0 aliphatic heterocycles. The molecule has 23 heavy (non-hydrogen) atoms. The SMILES string of the molecule is Cc1ccccc(N=Nc2ccccccccc2)cccc1. The molecule has 2 aromatic carbocycles. The van der Waals surface area contributed by atoms with Gasteiger partial charge in [-0.2, -0.15) is 10.2 Å². The van der Waals surface area contributed by atoms with Gasteiger partial charge in [-0.3, -0.25) is 0 Å². The van der Waals surface area contributed by atoms with Crippen molar-refractivity contribution in [3.05, 3.63) is 109 Å². The molecular formula is C21H20N2. The van der Waals surface area contributed by atoms with Crippen LogP contribution in [0.25, 0.3) is 0 Å². The van der Waals surface area contributed by atoms with E-state index in [2.05, 4.69) is 29.3 Å². The lowest BCUT2D eigenvalue weighted by Crippen LogP contribution is -1.63. The summed E-state index contributed by atoms with van der Waals surface area (Å²) in [6, 6.07) is 33.5. The summed E-state index contributed by atoms with van der Waals surface area (Å²) < 4.78 is 0. The Morgan fingerprint density at radius 1 is 0.435 bits per heavy atom. The number of hydrogen-bond donors (Lipinski definition) is 0. The maximum Gasteiger partial charge on any atom is 0.0857 e. The molecule has 0 atom stereocenters. The molecule has 0 fully saturated rings. The molecule has 0 heterocycles. The van der Waals surface area contributed by atoms with Gasteiger partial charge in [0.15, 0.2) is 0 Å². The second-order valence-electron chi connectivity index (χ2n) is 4.91. The van der Waals surface area contributed by atoms with E-state index in [1.165, 1.54) is 5.56 Å². The Balaban J connectivity index is 2.33. The maximum atomic E-state index is 4.32. The van der Waals surface area contributed by atoms with E-state index in [0.29, 0.717) is 0 Å². The van der Waals surface area contributed by atoms with Crippen molar-refractivity contribution >= 4 is 11.4 Å². The molecule has 2 nitrogen and oxygen atoms in total. The molecule has 0 spiro atoms. The van der Waals surface area contributed by atoms with Crippen LogP contribution in [0, 0.1) is 6.92 Å². The molecule has 0 bridgehead atoms. The molecule has 2 heteroatoms. The van der Waals surface area contributed by atoms with Crippen LogP contribution < -0.4 is 0 Å². The van der Waals surface area contributed by atoms with Gasteiger partial charge in [0.25, 0.3) is 0 Å². The third-order valence-electron chi connectivity index (χ3n) is 2.96. The molecular weight excluding hydrogens is 280 g/mol. The van der Waals surface area contributed by atoms with Crippen molar-refractivity contribution < 1.29 is 0 Å². The van der Waals surface area contributed by atoms with Crippen LogP contribution in [-0.2, 0) is 0 Å². The van der Waals surface area contributed by atoms with Crippen molar-refractivity contribution in [3.8, 4) is 0 Å². The summed E-state index contributed by atoms with van der Waals surface area (Å²) in [6.45, 7) is 2.07. The smallest absolute Gasteiger partial charge is 0.0857 e. The Labute approximate surface area is 137 Å². The fourth-order valence-corrected chi connectivity index (χ4v) is 1.77. The Morgan fingerprint density at radius 3 is 1.17 bits per heavy atom. The average Bonchev–Trinajstić information content (AvgIpc) is 2.57. The second kappa shape index (κ2) is 9.85. The molecule has 0 radical (unpaired) electrons. The van der Waals surface area contributed by atoms with Crippen LogP contribution in [0.2, 0.25) is 0 Å². The van der Waals surface area contributed by atoms with Crippen molar-refractivity contribution in [2.75, 3.05) is 0 Å². The van der Waals surface area contributed by atoms with Gasteiger partial charge in [-0.25, -0.2) is 0 Å².